The number of hydrogen-bond acceptors (Lipinski definition) is 4. The van der Waals surface area contributed by atoms with Crippen LogP contribution in [0.2, 0.25) is 0 Å². The predicted octanol–water partition coefficient (Wildman–Crippen LogP) is 3.59. The lowest BCUT2D eigenvalue weighted by molar-refractivity contribution is -0.119. The highest BCUT2D eigenvalue weighted by atomic mass is 16.7. The first-order valence-corrected chi connectivity index (χ1v) is 9.39. The summed E-state index contributed by atoms with van der Waals surface area (Å²) in [4.78, 5) is 33.6. The van der Waals surface area contributed by atoms with Crippen molar-refractivity contribution >= 4 is 23.4 Å². The summed E-state index contributed by atoms with van der Waals surface area (Å²) in [6, 6.07) is 17.6. The lowest BCUT2D eigenvalue weighted by Gasteiger charge is -2.40. The molecule has 2 aromatic rings. The number of carbonyl (C=O) groups is 2. The van der Waals surface area contributed by atoms with Gasteiger partial charge in [0.15, 0.2) is 0 Å². The number of nitrogens with one attached hydrogen (secondary N) is 1. The first-order valence-electron chi connectivity index (χ1n) is 9.39. The van der Waals surface area contributed by atoms with E-state index in [0.29, 0.717) is 19.5 Å². The fourth-order valence-corrected chi connectivity index (χ4v) is 3.83. The molecule has 1 N–H and O–H groups in total. The van der Waals surface area contributed by atoms with E-state index in [9.17, 15) is 9.59 Å². The molecule has 6 heteroatoms. The lowest BCUT2D eigenvalue weighted by atomic mass is 9.95. The number of amides is 2. The molecule has 2 aromatic carbocycles. The van der Waals surface area contributed by atoms with E-state index < -0.39 is 0 Å². The third-order valence-electron chi connectivity index (χ3n) is 5.25. The van der Waals surface area contributed by atoms with Crippen LogP contribution in [0.3, 0.4) is 0 Å². The molecule has 0 spiro atoms. The van der Waals surface area contributed by atoms with Crippen LogP contribution in [0.4, 0.5) is 16.2 Å². The molecule has 0 aliphatic carbocycles. The van der Waals surface area contributed by atoms with Crippen LogP contribution >= 0.6 is 0 Å². The highest BCUT2D eigenvalue weighted by Gasteiger charge is 2.33. The molecule has 1 saturated heterocycles. The minimum absolute atomic E-state index is 0.130. The molecule has 2 aliphatic heterocycles. The van der Waals surface area contributed by atoms with Crippen molar-refractivity contribution in [2.75, 3.05) is 23.5 Å². The summed E-state index contributed by atoms with van der Waals surface area (Å²) in [7, 11) is 0. The van der Waals surface area contributed by atoms with Crippen LogP contribution in [0.25, 0.3) is 0 Å². The molecule has 6 nitrogen and oxygen atoms in total. The predicted molar refractivity (Wildman–Crippen MR) is 103 cm³/mol. The highest BCUT2D eigenvalue weighted by Crippen LogP contribution is 2.32. The quantitative estimate of drug-likeness (QED) is 0.845. The molecule has 0 saturated carbocycles. The Morgan fingerprint density at radius 2 is 1.67 bits per heavy atom. The summed E-state index contributed by atoms with van der Waals surface area (Å²) in [6.07, 6.45) is 2.48. The molecule has 2 heterocycles. The normalized spacial score (nSPS) is 17.4. The van der Waals surface area contributed by atoms with E-state index in [-0.39, 0.29) is 18.0 Å². The third-order valence-corrected chi connectivity index (χ3v) is 5.25. The molecule has 1 fully saturated rings. The van der Waals surface area contributed by atoms with Gasteiger partial charge in [-0.2, -0.15) is 0 Å². The van der Waals surface area contributed by atoms with Gasteiger partial charge in [0.25, 0.3) is 0 Å². The van der Waals surface area contributed by atoms with E-state index in [0.717, 1.165) is 30.6 Å². The van der Waals surface area contributed by atoms with Crippen molar-refractivity contribution in [3.63, 3.8) is 0 Å². The van der Waals surface area contributed by atoms with Crippen LogP contribution in [0.15, 0.2) is 54.6 Å². The molecule has 27 heavy (non-hydrogen) atoms. The number of aryl methyl sites for hydroxylation is 1. The molecule has 0 radical (unpaired) electrons. The summed E-state index contributed by atoms with van der Waals surface area (Å²) in [6.45, 7) is 1.15. The zero-order valence-corrected chi connectivity index (χ0v) is 15.1. The maximum atomic E-state index is 12.5. The van der Waals surface area contributed by atoms with Gasteiger partial charge < -0.3 is 14.6 Å². The number of carbonyl (C=O) groups excluding carboxylic acids is 2. The Morgan fingerprint density at radius 1 is 0.963 bits per heavy atom. The van der Waals surface area contributed by atoms with Gasteiger partial charge in [-0.05, 0) is 43.0 Å². The van der Waals surface area contributed by atoms with Gasteiger partial charge in [-0.25, -0.2) is 10.3 Å². The number of hydrogen-bond donors (Lipinski definition) is 1. The van der Waals surface area contributed by atoms with Gasteiger partial charge in [-0.15, -0.1) is 0 Å². The van der Waals surface area contributed by atoms with Crippen LogP contribution in [0.5, 0.6) is 0 Å². The van der Waals surface area contributed by atoms with E-state index in [1.165, 1.54) is 5.56 Å². The largest absolute Gasteiger partial charge is 0.434 e. The average Bonchev–Trinajstić information content (AvgIpc) is 2.73. The SMILES string of the molecule is O=C(ONc1ccccc1)N1CCC(N2C(=O)CCc3ccccc32)CC1. The van der Waals surface area contributed by atoms with E-state index in [4.69, 9.17) is 4.84 Å². The fourth-order valence-electron chi connectivity index (χ4n) is 3.83. The Morgan fingerprint density at radius 3 is 2.44 bits per heavy atom. The number of benzene rings is 2. The second-order valence-electron chi connectivity index (χ2n) is 6.95. The summed E-state index contributed by atoms with van der Waals surface area (Å²) in [5.41, 5.74) is 5.67. The molecule has 0 atom stereocenters. The summed E-state index contributed by atoms with van der Waals surface area (Å²) in [5.74, 6) is 0.181. The Kier molecular flexibility index (Phi) is 4.96. The highest BCUT2D eigenvalue weighted by molar-refractivity contribution is 5.97. The van der Waals surface area contributed by atoms with Crippen molar-refractivity contribution in [2.24, 2.45) is 0 Å². The number of rotatable bonds is 3. The zero-order chi connectivity index (χ0) is 18.6. The first kappa shape index (κ1) is 17.4. The van der Waals surface area contributed by atoms with Crippen molar-refractivity contribution in [2.45, 2.75) is 31.7 Å². The monoisotopic (exact) mass is 365 g/mol. The van der Waals surface area contributed by atoms with Crippen molar-refractivity contribution in [1.82, 2.24) is 4.90 Å². The number of para-hydroxylation sites is 2. The van der Waals surface area contributed by atoms with Gasteiger partial charge in [0.05, 0.1) is 5.69 Å². The van der Waals surface area contributed by atoms with Gasteiger partial charge in [-0.3, -0.25) is 4.79 Å². The Balaban J connectivity index is 1.35. The molecule has 4 rings (SSSR count). The van der Waals surface area contributed by atoms with Crippen molar-refractivity contribution in [3.8, 4) is 0 Å². The maximum absolute atomic E-state index is 12.5. The molecular weight excluding hydrogens is 342 g/mol. The fraction of sp³-hybridized carbons (Fsp3) is 0.333. The summed E-state index contributed by atoms with van der Waals surface area (Å²) >= 11 is 0. The van der Waals surface area contributed by atoms with Crippen molar-refractivity contribution in [1.29, 1.82) is 0 Å². The lowest BCUT2D eigenvalue weighted by Crippen LogP contribution is -2.50. The smallest absolute Gasteiger partial charge is 0.324 e. The first-order chi connectivity index (χ1) is 13.2. The number of nitrogens with zero attached hydrogens (tertiary/aromatic N) is 2. The molecule has 0 aromatic heterocycles. The summed E-state index contributed by atoms with van der Waals surface area (Å²) < 4.78 is 0. The van der Waals surface area contributed by atoms with Gasteiger partial charge in [-0.1, -0.05) is 36.4 Å². The number of likely N-dealkylation sites (tertiary alicyclic amines) is 1. The summed E-state index contributed by atoms with van der Waals surface area (Å²) in [5, 5.41) is 0. The van der Waals surface area contributed by atoms with E-state index in [2.05, 4.69) is 11.5 Å². The third kappa shape index (κ3) is 3.74. The van der Waals surface area contributed by atoms with E-state index >= 15 is 0 Å². The van der Waals surface area contributed by atoms with Gasteiger partial charge in [0, 0.05) is 31.2 Å². The van der Waals surface area contributed by atoms with Gasteiger partial charge >= 0.3 is 6.09 Å². The van der Waals surface area contributed by atoms with Crippen molar-refractivity contribution in [3.05, 3.63) is 60.2 Å². The van der Waals surface area contributed by atoms with Crippen LogP contribution in [-0.2, 0) is 16.1 Å². The topological polar surface area (TPSA) is 61.9 Å². The minimum Gasteiger partial charge on any atom is -0.324 e. The number of anilines is 2. The maximum Gasteiger partial charge on any atom is 0.434 e. The van der Waals surface area contributed by atoms with Gasteiger partial charge in [0.1, 0.15) is 0 Å². The Bertz CT molecular complexity index is 816. The van der Waals surface area contributed by atoms with Crippen molar-refractivity contribution < 1.29 is 14.4 Å². The second kappa shape index (κ2) is 7.70. The van der Waals surface area contributed by atoms with E-state index in [1.807, 2.05) is 53.4 Å². The second-order valence-corrected chi connectivity index (χ2v) is 6.95. The Labute approximate surface area is 158 Å². The molecule has 140 valence electrons. The standard InChI is InChI=1S/C21H23N3O3/c25-20-11-10-16-6-4-5-9-19(16)24(20)18-12-14-23(15-13-18)21(26)27-22-17-7-2-1-3-8-17/h1-9,18,22H,10-15H2. The molecule has 0 bridgehead atoms. The zero-order valence-electron chi connectivity index (χ0n) is 15.1. The Hall–Kier alpha value is -3.02. The van der Waals surface area contributed by atoms with Crippen LogP contribution < -0.4 is 10.4 Å². The van der Waals surface area contributed by atoms with Crippen LogP contribution in [0.1, 0.15) is 24.8 Å². The molecule has 0 unspecified atom stereocenters. The number of fused-ring (bicyclic) bond motifs is 1. The molecular formula is C21H23N3O3. The van der Waals surface area contributed by atoms with E-state index in [1.54, 1.807) is 4.90 Å². The average molecular weight is 365 g/mol. The van der Waals surface area contributed by atoms with Crippen LogP contribution in [-0.4, -0.2) is 36.0 Å². The minimum atomic E-state index is -0.386. The molecule has 2 aliphatic rings. The number of piperidine rings is 1. The van der Waals surface area contributed by atoms with Crippen LogP contribution in [0, 0.1) is 0 Å². The molecule has 2 amide bonds. The van der Waals surface area contributed by atoms with Gasteiger partial charge in [0.2, 0.25) is 5.91 Å².